The summed E-state index contributed by atoms with van der Waals surface area (Å²) in [5.41, 5.74) is 2.55. The molecule has 2 nitrogen and oxygen atoms in total. The first-order valence-corrected chi connectivity index (χ1v) is 7.78. The van der Waals surface area contributed by atoms with Gasteiger partial charge in [-0.2, -0.15) is 0 Å². The Labute approximate surface area is 132 Å². The number of amides is 1. The SMILES string of the molecule is C=C1C2CC2(c2ccc(Br)cc2)C(=O)N1c1ccccc1. The van der Waals surface area contributed by atoms with Gasteiger partial charge in [0, 0.05) is 21.8 Å². The lowest BCUT2D eigenvalue weighted by Crippen LogP contribution is -2.32. The summed E-state index contributed by atoms with van der Waals surface area (Å²) in [6, 6.07) is 17.9. The largest absolute Gasteiger partial charge is 0.284 e. The first kappa shape index (κ1) is 12.8. The molecule has 2 aromatic carbocycles. The standard InChI is InChI=1S/C18H14BrNO/c1-12-16-11-18(16,13-7-9-14(19)10-8-13)17(21)20(12)15-5-3-2-4-6-15/h2-10,16H,1,11H2. The van der Waals surface area contributed by atoms with Gasteiger partial charge in [-0.25, -0.2) is 0 Å². The van der Waals surface area contributed by atoms with Crippen LogP contribution in [0.25, 0.3) is 0 Å². The van der Waals surface area contributed by atoms with E-state index in [2.05, 4.69) is 22.5 Å². The first-order chi connectivity index (χ1) is 10.1. The highest BCUT2D eigenvalue weighted by Crippen LogP contribution is 2.64. The summed E-state index contributed by atoms with van der Waals surface area (Å²) in [7, 11) is 0. The molecule has 104 valence electrons. The Balaban J connectivity index is 1.77. The van der Waals surface area contributed by atoms with Gasteiger partial charge in [0.2, 0.25) is 5.91 Å². The molecule has 4 rings (SSSR count). The normalized spacial score (nSPS) is 26.9. The second-order valence-corrected chi connectivity index (χ2v) is 6.62. The van der Waals surface area contributed by atoms with E-state index in [9.17, 15) is 4.79 Å². The Kier molecular flexibility index (Phi) is 2.64. The number of carbonyl (C=O) groups is 1. The van der Waals surface area contributed by atoms with Crippen LogP contribution in [0.1, 0.15) is 12.0 Å². The van der Waals surface area contributed by atoms with Gasteiger partial charge in [0.1, 0.15) is 0 Å². The molecule has 2 unspecified atom stereocenters. The minimum atomic E-state index is -0.381. The third kappa shape index (κ3) is 1.67. The minimum absolute atomic E-state index is 0.158. The molecule has 1 saturated heterocycles. The van der Waals surface area contributed by atoms with E-state index >= 15 is 0 Å². The highest BCUT2D eigenvalue weighted by Gasteiger charge is 2.69. The molecule has 1 aliphatic heterocycles. The van der Waals surface area contributed by atoms with Crippen molar-refractivity contribution >= 4 is 27.5 Å². The monoisotopic (exact) mass is 339 g/mol. The zero-order valence-electron chi connectivity index (χ0n) is 11.4. The number of anilines is 1. The second-order valence-electron chi connectivity index (χ2n) is 5.70. The molecular formula is C18H14BrNO. The highest BCUT2D eigenvalue weighted by atomic mass is 79.9. The van der Waals surface area contributed by atoms with Crippen molar-refractivity contribution in [1.29, 1.82) is 0 Å². The number of allylic oxidation sites excluding steroid dienone is 1. The van der Waals surface area contributed by atoms with Gasteiger partial charge in [0.15, 0.2) is 0 Å². The fraction of sp³-hybridized carbons (Fsp3) is 0.167. The quantitative estimate of drug-likeness (QED) is 0.800. The molecule has 1 saturated carbocycles. The Morgan fingerprint density at radius 1 is 1.10 bits per heavy atom. The van der Waals surface area contributed by atoms with Gasteiger partial charge in [-0.3, -0.25) is 9.69 Å². The third-order valence-electron chi connectivity index (χ3n) is 4.61. The molecule has 1 amide bonds. The molecule has 21 heavy (non-hydrogen) atoms. The van der Waals surface area contributed by atoms with Crippen LogP contribution in [0.3, 0.4) is 0 Å². The van der Waals surface area contributed by atoms with E-state index in [1.807, 2.05) is 54.6 Å². The molecule has 2 fully saturated rings. The average Bonchev–Trinajstić information content (AvgIpc) is 3.21. The summed E-state index contributed by atoms with van der Waals surface area (Å²) in [4.78, 5) is 14.8. The number of halogens is 1. The Morgan fingerprint density at radius 3 is 2.43 bits per heavy atom. The molecule has 1 aliphatic carbocycles. The van der Waals surface area contributed by atoms with E-state index in [-0.39, 0.29) is 17.2 Å². The van der Waals surface area contributed by atoms with Crippen molar-refractivity contribution in [3.05, 3.63) is 76.9 Å². The van der Waals surface area contributed by atoms with Gasteiger partial charge in [-0.1, -0.05) is 52.8 Å². The molecule has 3 heteroatoms. The molecule has 2 aliphatic rings. The smallest absolute Gasteiger partial charge is 0.242 e. The molecule has 1 heterocycles. The van der Waals surface area contributed by atoms with E-state index in [0.717, 1.165) is 27.8 Å². The molecule has 0 radical (unpaired) electrons. The van der Waals surface area contributed by atoms with Gasteiger partial charge in [0.25, 0.3) is 0 Å². The Bertz CT molecular complexity index is 738. The van der Waals surface area contributed by atoms with Crippen molar-refractivity contribution in [2.45, 2.75) is 11.8 Å². The van der Waals surface area contributed by atoms with Crippen molar-refractivity contribution in [1.82, 2.24) is 0 Å². The Hall–Kier alpha value is -1.87. The molecule has 0 N–H and O–H groups in total. The van der Waals surface area contributed by atoms with E-state index in [4.69, 9.17) is 0 Å². The van der Waals surface area contributed by atoms with Crippen LogP contribution in [0.2, 0.25) is 0 Å². The van der Waals surface area contributed by atoms with Crippen LogP contribution in [-0.2, 0) is 10.2 Å². The van der Waals surface area contributed by atoms with E-state index in [1.165, 1.54) is 0 Å². The second kappa shape index (κ2) is 4.31. The first-order valence-electron chi connectivity index (χ1n) is 6.99. The maximum atomic E-state index is 13.0. The number of fused-ring (bicyclic) bond motifs is 1. The van der Waals surface area contributed by atoms with Crippen molar-refractivity contribution < 1.29 is 4.79 Å². The number of para-hydroxylation sites is 1. The van der Waals surface area contributed by atoms with Gasteiger partial charge >= 0.3 is 0 Å². The lowest BCUT2D eigenvalue weighted by Gasteiger charge is -2.22. The van der Waals surface area contributed by atoms with Crippen LogP contribution in [0.4, 0.5) is 5.69 Å². The highest BCUT2D eigenvalue weighted by molar-refractivity contribution is 9.10. The van der Waals surface area contributed by atoms with Crippen LogP contribution in [-0.4, -0.2) is 5.91 Å². The van der Waals surface area contributed by atoms with Crippen LogP contribution < -0.4 is 4.90 Å². The summed E-state index contributed by atoms with van der Waals surface area (Å²) >= 11 is 3.45. The lowest BCUT2D eigenvalue weighted by molar-refractivity contribution is -0.119. The van der Waals surface area contributed by atoms with Crippen molar-refractivity contribution in [2.24, 2.45) is 5.92 Å². The molecule has 2 atom stereocenters. The number of piperidine rings is 1. The maximum absolute atomic E-state index is 13.0. The average molecular weight is 340 g/mol. The molecular weight excluding hydrogens is 326 g/mol. The topological polar surface area (TPSA) is 20.3 Å². The van der Waals surface area contributed by atoms with Crippen LogP contribution in [0.15, 0.2) is 71.3 Å². The van der Waals surface area contributed by atoms with Crippen LogP contribution in [0, 0.1) is 5.92 Å². The molecule has 0 aromatic heterocycles. The minimum Gasteiger partial charge on any atom is -0.284 e. The number of hydrogen-bond acceptors (Lipinski definition) is 1. The van der Waals surface area contributed by atoms with Gasteiger partial charge in [0.05, 0.1) is 5.41 Å². The summed E-state index contributed by atoms with van der Waals surface area (Å²) in [5.74, 6) is 0.400. The van der Waals surface area contributed by atoms with Crippen molar-refractivity contribution in [3.8, 4) is 0 Å². The fourth-order valence-electron chi connectivity index (χ4n) is 3.44. The van der Waals surface area contributed by atoms with E-state index < -0.39 is 0 Å². The van der Waals surface area contributed by atoms with E-state index in [0.29, 0.717) is 0 Å². The van der Waals surface area contributed by atoms with Crippen LogP contribution in [0.5, 0.6) is 0 Å². The number of hydrogen-bond donors (Lipinski definition) is 0. The summed E-state index contributed by atoms with van der Waals surface area (Å²) in [5, 5.41) is 0. The van der Waals surface area contributed by atoms with Crippen molar-refractivity contribution in [2.75, 3.05) is 4.90 Å². The predicted molar refractivity (Wildman–Crippen MR) is 87.0 cm³/mol. The zero-order valence-corrected chi connectivity index (χ0v) is 13.0. The van der Waals surface area contributed by atoms with E-state index in [1.54, 1.807) is 4.90 Å². The maximum Gasteiger partial charge on any atom is 0.242 e. The summed E-state index contributed by atoms with van der Waals surface area (Å²) < 4.78 is 1.03. The van der Waals surface area contributed by atoms with Gasteiger partial charge in [-0.15, -0.1) is 0 Å². The predicted octanol–water partition coefficient (Wildman–Crippen LogP) is 4.27. The molecule has 0 spiro atoms. The van der Waals surface area contributed by atoms with Gasteiger partial charge < -0.3 is 0 Å². The number of carbonyl (C=O) groups excluding carboxylic acids is 1. The number of rotatable bonds is 2. The third-order valence-corrected chi connectivity index (χ3v) is 5.14. The summed E-state index contributed by atoms with van der Waals surface area (Å²) in [6.45, 7) is 4.17. The number of benzene rings is 2. The van der Waals surface area contributed by atoms with Gasteiger partial charge in [-0.05, 0) is 36.2 Å². The van der Waals surface area contributed by atoms with Crippen molar-refractivity contribution in [3.63, 3.8) is 0 Å². The Morgan fingerprint density at radius 2 is 1.76 bits per heavy atom. The van der Waals surface area contributed by atoms with Crippen LogP contribution >= 0.6 is 15.9 Å². The summed E-state index contributed by atoms with van der Waals surface area (Å²) in [6.07, 6.45) is 0.885. The number of nitrogens with zero attached hydrogens (tertiary/aromatic N) is 1. The fourth-order valence-corrected chi connectivity index (χ4v) is 3.70. The zero-order chi connectivity index (χ0) is 14.6. The molecule has 2 aromatic rings. The molecule has 0 bridgehead atoms. The lowest BCUT2D eigenvalue weighted by atomic mass is 9.94.